The van der Waals surface area contributed by atoms with Crippen LogP contribution in [0.25, 0.3) is 16.8 Å². The van der Waals surface area contributed by atoms with Crippen molar-refractivity contribution in [3.8, 4) is 0 Å². The number of rotatable bonds is 1. The third kappa shape index (κ3) is 2.67. The zero-order chi connectivity index (χ0) is 12.1. The van der Waals surface area contributed by atoms with E-state index in [4.69, 9.17) is 0 Å². The summed E-state index contributed by atoms with van der Waals surface area (Å²) >= 11 is 0. The van der Waals surface area contributed by atoms with Crippen LogP contribution in [0.4, 0.5) is 0 Å². The number of benzene rings is 2. The van der Waals surface area contributed by atoms with Gasteiger partial charge in [-0.2, -0.15) is 0 Å². The summed E-state index contributed by atoms with van der Waals surface area (Å²) < 4.78 is 0. The second-order valence-electron chi connectivity index (χ2n) is 4.47. The van der Waals surface area contributed by atoms with E-state index in [9.17, 15) is 0 Å². The van der Waals surface area contributed by atoms with Crippen molar-refractivity contribution in [2.24, 2.45) is 0 Å². The molecule has 0 saturated carbocycles. The Labute approximate surface area is 106 Å². The molecule has 1 aliphatic carbocycles. The van der Waals surface area contributed by atoms with Gasteiger partial charge in [0.2, 0.25) is 0 Å². The molecule has 88 valence electrons. The molecule has 0 fully saturated rings. The van der Waals surface area contributed by atoms with Crippen LogP contribution in [0, 0.1) is 0 Å². The Hall–Kier alpha value is -1.34. The maximum atomic E-state index is 2.32. The van der Waals surface area contributed by atoms with Crippen LogP contribution >= 0.6 is 0 Å². The van der Waals surface area contributed by atoms with Crippen molar-refractivity contribution in [2.45, 2.75) is 25.9 Å². The topological polar surface area (TPSA) is 0 Å². The number of hydrogen-bond donors (Lipinski definition) is 0. The lowest BCUT2D eigenvalue weighted by molar-refractivity contribution is 1.29. The molecular weight excluding hydrogens is 220 g/mol. The van der Waals surface area contributed by atoms with Gasteiger partial charge in [-0.05, 0) is 28.3 Å². The highest BCUT2D eigenvalue weighted by atomic mass is 28.2. The van der Waals surface area contributed by atoms with Gasteiger partial charge in [0.25, 0.3) is 0 Å². The summed E-state index contributed by atoms with van der Waals surface area (Å²) in [5.74, 6) is 0. The average molecular weight is 240 g/mol. The summed E-state index contributed by atoms with van der Waals surface area (Å²) in [5, 5.41) is 2.80. The Morgan fingerprint density at radius 2 is 1.82 bits per heavy atom. The van der Waals surface area contributed by atoms with Gasteiger partial charge in [-0.25, -0.2) is 0 Å². The van der Waals surface area contributed by atoms with Gasteiger partial charge in [0, 0.05) is 9.52 Å². The molecule has 0 N–H and O–H groups in total. The second kappa shape index (κ2) is 5.83. The normalized spacial score (nSPS) is 12.8. The van der Waals surface area contributed by atoms with E-state index in [1.54, 1.807) is 0 Å². The van der Waals surface area contributed by atoms with E-state index in [1.165, 1.54) is 27.9 Å². The van der Waals surface area contributed by atoms with E-state index in [-0.39, 0.29) is 0 Å². The van der Waals surface area contributed by atoms with Crippen molar-refractivity contribution in [1.29, 1.82) is 0 Å². The summed E-state index contributed by atoms with van der Waals surface area (Å²) in [6.07, 6.45) is 5.53. The molecule has 0 bridgehead atoms. The fourth-order valence-electron chi connectivity index (χ4n) is 2.07. The molecule has 2 aromatic carbocycles. The van der Waals surface area contributed by atoms with Crippen molar-refractivity contribution in [3.05, 3.63) is 53.6 Å². The molecule has 0 nitrogen and oxygen atoms in total. The lowest BCUT2D eigenvalue weighted by atomic mass is 9.93. The molecule has 2 aromatic rings. The first-order chi connectivity index (χ1) is 8.36. The van der Waals surface area contributed by atoms with Crippen molar-refractivity contribution >= 4 is 26.4 Å². The first-order valence-corrected chi connectivity index (χ1v) is 8.95. The van der Waals surface area contributed by atoms with Gasteiger partial charge in [-0.1, -0.05) is 68.1 Å². The van der Waals surface area contributed by atoms with Gasteiger partial charge < -0.3 is 0 Å². The third-order valence-corrected chi connectivity index (χ3v) is 4.16. The summed E-state index contributed by atoms with van der Waals surface area (Å²) in [5.41, 5.74) is 2.81. The van der Waals surface area contributed by atoms with E-state index in [0.717, 1.165) is 6.42 Å². The predicted molar refractivity (Wildman–Crippen MR) is 81.6 cm³/mol. The SMILES string of the molecule is C1=Cc2cccc3cccc(c23)C1.CC[SiH2]C. The molecule has 3 rings (SSSR count). The van der Waals surface area contributed by atoms with Crippen molar-refractivity contribution in [2.75, 3.05) is 0 Å². The molecule has 0 spiro atoms. The molecule has 17 heavy (non-hydrogen) atoms. The highest BCUT2D eigenvalue weighted by Crippen LogP contribution is 2.27. The molecule has 0 aliphatic heterocycles. The van der Waals surface area contributed by atoms with E-state index in [2.05, 4.69) is 62.0 Å². The number of hydrogen-bond acceptors (Lipinski definition) is 0. The van der Waals surface area contributed by atoms with Crippen LogP contribution in [0.2, 0.25) is 12.6 Å². The Bertz CT molecular complexity index is 519. The quantitative estimate of drug-likeness (QED) is 0.660. The zero-order valence-electron chi connectivity index (χ0n) is 10.7. The van der Waals surface area contributed by atoms with Crippen molar-refractivity contribution in [3.63, 3.8) is 0 Å². The minimum absolute atomic E-state index is 0.424. The standard InChI is InChI=1S/C13H10.C3H10Si/c1-4-10-6-2-8-12-9-3-7-11(5-1)13(10)12;1-3-4-2/h1-8H,9H2;3-4H2,1-2H3. The molecule has 0 saturated heterocycles. The molecule has 0 aromatic heterocycles. The van der Waals surface area contributed by atoms with Gasteiger partial charge >= 0.3 is 0 Å². The van der Waals surface area contributed by atoms with E-state index in [1.807, 2.05) is 0 Å². The van der Waals surface area contributed by atoms with Crippen LogP contribution in [0.5, 0.6) is 0 Å². The molecule has 1 heteroatoms. The fraction of sp³-hybridized carbons (Fsp3) is 0.250. The van der Waals surface area contributed by atoms with Gasteiger partial charge in [0.15, 0.2) is 0 Å². The van der Waals surface area contributed by atoms with Gasteiger partial charge in [0.1, 0.15) is 0 Å². The molecule has 0 radical (unpaired) electrons. The molecule has 0 heterocycles. The molecule has 0 amide bonds. The van der Waals surface area contributed by atoms with Crippen LogP contribution in [0.1, 0.15) is 18.1 Å². The second-order valence-corrected chi connectivity index (χ2v) is 6.47. The number of allylic oxidation sites excluding steroid dienone is 1. The maximum Gasteiger partial charge on any atom is 0.0163 e. The first-order valence-electron chi connectivity index (χ1n) is 6.54. The molecule has 0 unspecified atom stereocenters. The van der Waals surface area contributed by atoms with Gasteiger partial charge in [-0.15, -0.1) is 0 Å². The van der Waals surface area contributed by atoms with E-state index in [0.29, 0.717) is 9.52 Å². The Balaban J connectivity index is 0.000000239. The summed E-state index contributed by atoms with van der Waals surface area (Å²) in [7, 11) is 0.424. The Morgan fingerprint density at radius 3 is 2.53 bits per heavy atom. The van der Waals surface area contributed by atoms with Crippen LogP contribution in [0.15, 0.2) is 42.5 Å². The first kappa shape index (κ1) is 12.1. The van der Waals surface area contributed by atoms with Crippen LogP contribution in [0.3, 0.4) is 0 Å². The minimum Gasteiger partial charge on any atom is -0.0795 e. The maximum absolute atomic E-state index is 2.32. The van der Waals surface area contributed by atoms with Crippen molar-refractivity contribution < 1.29 is 0 Å². The van der Waals surface area contributed by atoms with Crippen LogP contribution in [-0.2, 0) is 6.42 Å². The highest BCUT2D eigenvalue weighted by molar-refractivity contribution is 6.33. The lowest BCUT2D eigenvalue weighted by Gasteiger charge is -2.11. The van der Waals surface area contributed by atoms with E-state index >= 15 is 0 Å². The summed E-state index contributed by atoms with van der Waals surface area (Å²) in [6, 6.07) is 14.5. The lowest BCUT2D eigenvalue weighted by Crippen LogP contribution is -1.91. The van der Waals surface area contributed by atoms with E-state index < -0.39 is 0 Å². The monoisotopic (exact) mass is 240 g/mol. The van der Waals surface area contributed by atoms with Gasteiger partial charge in [-0.3, -0.25) is 0 Å². The largest absolute Gasteiger partial charge is 0.0795 e. The zero-order valence-corrected chi connectivity index (χ0v) is 12.2. The van der Waals surface area contributed by atoms with Crippen LogP contribution in [-0.4, -0.2) is 9.52 Å². The Kier molecular flexibility index (Phi) is 4.16. The fourth-order valence-corrected chi connectivity index (χ4v) is 2.07. The minimum atomic E-state index is 0.424. The van der Waals surface area contributed by atoms with Crippen molar-refractivity contribution in [1.82, 2.24) is 0 Å². The van der Waals surface area contributed by atoms with Gasteiger partial charge in [0.05, 0.1) is 0 Å². The molecular formula is C16H20Si. The Morgan fingerprint density at radius 1 is 1.12 bits per heavy atom. The van der Waals surface area contributed by atoms with Crippen LogP contribution < -0.4 is 0 Å². The molecule has 1 aliphatic rings. The summed E-state index contributed by atoms with van der Waals surface area (Å²) in [6.45, 7) is 4.56. The third-order valence-electron chi connectivity index (χ3n) is 3.16. The molecule has 0 atom stereocenters. The average Bonchev–Trinajstić information content (AvgIpc) is 2.40. The predicted octanol–water partition coefficient (Wildman–Crippen LogP) is 4.05. The summed E-state index contributed by atoms with van der Waals surface area (Å²) in [4.78, 5) is 0. The smallest absolute Gasteiger partial charge is 0.0163 e. The highest BCUT2D eigenvalue weighted by Gasteiger charge is 2.06.